The summed E-state index contributed by atoms with van der Waals surface area (Å²) in [6.07, 6.45) is 5.18. The van der Waals surface area contributed by atoms with Crippen molar-refractivity contribution in [3.05, 3.63) is 24.3 Å². The summed E-state index contributed by atoms with van der Waals surface area (Å²) in [6.45, 7) is 5.46. The maximum atomic E-state index is 13.1. The van der Waals surface area contributed by atoms with Crippen molar-refractivity contribution in [1.29, 1.82) is 0 Å². The summed E-state index contributed by atoms with van der Waals surface area (Å²) < 4.78 is 13.1. The Labute approximate surface area is 96.5 Å². The Bertz CT molecular complexity index is 348. The lowest BCUT2D eigenvalue weighted by Crippen LogP contribution is -2.27. The molecule has 1 saturated carbocycles. The maximum absolute atomic E-state index is 13.1. The van der Waals surface area contributed by atoms with Crippen LogP contribution in [0.1, 0.15) is 33.1 Å². The van der Waals surface area contributed by atoms with Crippen LogP contribution in [0.2, 0.25) is 0 Å². The Morgan fingerprint density at radius 2 is 2.25 bits per heavy atom. The van der Waals surface area contributed by atoms with Crippen molar-refractivity contribution >= 4 is 5.69 Å². The summed E-state index contributed by atoms with van der Waals surface area (Å²) in [5.74, 6) is 0.306. The van der Waals surface area contributed by atoms with Crippen molar-refractivity contribution in [2.24, 2.45) is 5.92 Å². The molecule has 0 atom stereocenters. The third kappa shape index (κ3) is 2.94. The Balaban J connectivity index is 2.06. The standard InChI is InChI=1S/C13H19FN2/c1-10(2)6-8-16(11-3-4-11)12-5-7-15-13(14)9-12/h5,7,9-11H,3-4,6,8H2,1-2H3. The molecule has 0 radical (unpaired) electrons. The molecule has 1 aromatic heterocycles. The van der Waals surface area contributed by atoms with E-state index in [-0.39, 0.29) is 5.95 Å². The van der Waals surface area contributed by atoms with Gasteiger partial charge in [-0.1, -0.05) is 13.8 Å². The van der Waals surface area contributed by atoms with Crippen LogP contribution in [0, 0.1) is 11.9 Å². The van der Waals surface area contributed by atoms with Gasteiger partial charge in [-0.3, -0.25) is 0 Å². The lowest BCUT2D eigenvalue weighted by molar-refractivity contribution is 0.564. The average Bonchev–Trinajstić information content (AvgIpc) is 3.02. The Kier molecular flexibility index (Phi) is 3.42. The molecule has 0 aromatic carbocycles. The number of hydrogen-bond acceptors (Lipinski definition) is 2. The molecular weight excluding hydrogens is 203 g/mol. The molecule has 0 bridgehead atoms. The first-order valence-corrected chi connectivity index (χ1v) is 6.05. The summed E-state index contributed by atoms with van der Waals surface area (Å²) in [6, 6.07) is 4.07. The normalized spacial score (nSPS) is 15.5. The van der Waals surface area contributed by atoms with E-state index in [0.717, 1.165) is 18.7 Å². The molecule has 3 heteroatoms. The molecule has 2 nitrogen and oxygen atoms in total. The largest absolute Gasteiger partial charge is 0.368 e. The number of rotatable bonds is 5. The molecule has 1 aromatic rings. The van der Waals surface area contributed by atoms with E-state index >= 15 is 0 Å². The summed E-state index contributed by atoms with van der Waals surface area (Å²) in [4.78, 5) is 5.93. The molecule has 0 amide bonds. The molecule has 16 heavy (non-hydrogen) atoms. The lowest BCUT2D eigenvalue weighted by atomic mass is 10.1. The third-order valence-corrected chi connectivity index (χ3v) is 2.98. The second-order valence-electron chi connectivity index (χ2n) is 4.94. The van der Waals surface area contributed by atoms with Crippen molar-refractivity contribution in [2.45, 2.75) is 39.2 Å². The topological polar surface area (TPSA) is 16.1 Å². The zero-order valence-electron chi connectivity index (χ0n) is 9.99. The first kappa shape index (κ1) is 11.4. The van der Waals surface area contributed by atoms with Crippen molar-refractivity contribution in [1.82, 2.24) is 4.98 Å². The van der Waals surface area contributed by atoms with Crippen LogP contribution in [-0.4, -0.2) is 17.6 Å². The van der Waals surface area contributed by atoms with Gasteiger partial charge in [0.15, 0.2) is 0 Å². The second kappa shape index (κ2) is 4.81. The minimum Gasteiger partial charge on any atom is -0.368 e. The van der Waals surface area contributed by atoms with E-state index < -0.39 is 0 Å². The van der Waals surface area contributed by atoms with Gasteiger partial charge in [0.2, 0.25) is 5.95 Å². The zero-order chi connectivity index (χ0) is 11.5. The maximum Gasteiger partial charge on any atom is 0.214 e. The number of hydrogen-bond donors (Lipinski definition) is 0. The Morgan fingerprint density at radius 1 is 1.50 bits per heavy atom. The zero-order valence-corrected chi connectivity index (χ0v) is 9.99. The first-order chi connectivity index (χ1) is 7.66. The minimum absolute atomic E-state index is 0.382. The summed E-state index contributed by atoms with van der Waals surface area (Å²) in [5.41, 5.74) is 0.982. The van der Waals surface area contributed by atoms with E-state index in [0.29, 0.717) is 12.0 Å². The molecule has 1 heterocycles. The predicted molar refractivity (Wildman–Crippen MR) is 64.0 cm³/mol. The van der Waals surface area contributed by atoms with E-state index in [1.54, 1.807) is 12.3 Å². The highest BCUT2D eigenvalue weighted by Crippen LogP contribution is 2.32. The molecule has 0 spiro atoms. The Hall–Kier alpha value is -1.12. The van der Waals surface area contributed by atoms with Crippen LogP contribution in [0.3, 0.4) is 0 Å². The van der Waals surface area contributed by atoms with Crippen LogP contribution >= 0.6 is 0 Å². The number of nitrogens with zero attached hydrogens (tertiary/aromatic N) is 2. The molecule has 2 rings (SSSR count). The fourth-order valence-electron chi connectivity index (χ4n) is 1.88. The van der Waals surface area contributed by atoms with Crippen molar-refractivity contribution in [2.75, 3.05) is 11.4 Å². The van der Waals surface area contributed by atoms with Crippen LogP contribution in [0.5, 0.6) is 0 Å². The molecule has 0 saturated heterocycles. The van der Waals surface area contributed by atoms with Crippen LogP contribution in [0.25, 0.3) is 0 Å². The molecule has 0 N–H and O–H groups in total. The molecule has 88 valence electrons. The molecular formula is C13H19FN2. The second-order valence-corrected chi connectivity index (χ2v) is 4.94. The molecule has 1 aliphatic rings. The summed E-state index contributed by atoms with van der Waals surface area (Å²) >= 11 is 0. The third-order valence-electron chi connectivity index (χ3n) is 2.98. The number of pyridine rings is 1. The predicted octanol–water partition coefficient (Wildman–Crippen LogP) is 3.24. The van der Waals surface area contributed by atoms with Gasteiger partial charge in [0, 0.05) is 30.5 Å². The molecule has 0 aliphatic heterocycles. The van der Waals surface area contributed by atoms with Crippen molar-refractivity contribution < 1.29 is 4.39 Å². The van der Waals surface area contributed by atoms with Crippen LogP contribution in [0.15, 0.2) is 18.3 Å². The summed E-state index contributed by atoms with van der Waals surface area (Å²) in [5, 5.41) is 0. The highest BCUT2D eigenvalue weighted by molar-refractivity contribution is 5.47. The molecule has 0 unspecified atom stereocenters. The van der Waals surface area contributed by atoms with Gasteiger partial charge in [-0.2, -0.15) is 4.39 Å². The van der Waals surface area contributed by atoms with Crippen LogP contribution in [0.4, 0.5) is 10.1 Å². The van der Waals surface area contributed by atoms with E-state index in [1.165, 1.54) is 12.8 Å². The quantitative estimate of drug-likeness (QED) is 0.711. The number of aromatic nitrogens is 1. The highest BCUT2D eigenvalue weighted by Gasteiger charge is 2.29. The van der Waals surface area contributed by atoms with Crippen molar-refractivity contribution in [3.63, 3.8) is 0 Å². The van der Waals surface area contributed by atoms with Crippen LogP contribution < -0.4 is 4.90 Å². The average molecular weight is 222 g/mol. The Morgan fingerprint density at radius 3 is 2.81 bits per heavy atom. The van der Waals surface area contributed by atoms with Gasteiger partial charge in [0.05, 0.1) is 0 Å². The fourth-order valence-corrected chi connectivity index (χ4v) is 1.88. The van der Waals surface area contributed by atoms with Gasteiger partial charge in [0.25, 0.3) is 0 Å². The van der Waals surface area contributed by atoms with Gasteiger partial charge in [-0.25, -0.2) is 4.98 Å². The number of anilines is 1. The number of halogens is 1. The monoisotopic (exact) mass is 222 g/mol. The molecule has 1 aliphatic carbocycles. The fraction of sp³-hybridized carbons (Fsp3) is 0.615. The van der Waals surface area contributed by atoms with E-state index in [2.05, 4.69) is 23.7 Å². The van der Waals surface area contributed by atoms with Gasteiger partial charge in [-0.15, -0.1) is 0 Å². The lowest BCUT2D eigenvalue weighted by Gasteiger charge is -2.25. The SMILES string of the molecule is CC(C)CCN(c1ccnc(F)c1)C1CC1. The van der Waals surface area contributed by atoms with Gasteiger partial charge >= 0.3 is 0 Å². The van der Waals surface area contributed by atoms with E-state index in [4.69, 9.17) is 0 Å². The van der Waals surface area contributed by atoms with Gasteiger partial charge in [0.1, 0.15) is 0 Å². The smallest absolute Gasteiger partial charge is 0.214 e. The van der Waals surface area contributed by atoms with Gasteiger partial charge < -0.3 is 4.90 Å². The summed E-state index contributed by atoms with van der Waals surface area (Å²) in [7, 11) is 0. The van der Waals surface area contributed by atoms with Crippen molar-refractivity contribution in [3.8, 4) is 0 Å². The first-order valence-electron chi connectivity index (χ1n) is 6.05. The van der Waals surface area contributed by atoms with E-state index in [1.807, 2.05) is 6.07 Å². The van der Waals surface area contributed by atoms with Crippen LogP contribution in [-0.2, 0) is 0 Å². The minimum atomic E-state index is -0.382. The van der Waals surface area contributed by atoms with Gasteiger partial charge in [-0.05, 0) is 31.2 Å². The highest BCUT2D eigenvalue weighted by atomic mass is 19.1. The van der Waals surface area contributed by atoms with E-state index in [9.17, 15) is 4.39 Å². The molecule has 1 fully saturated rings.